The van der Waals surface area contributed by atoms with Crippen LogP contribution in [0.1, 0.15) is 69.3 Å². The van der Waals surface area contributed by atoms with Gasteiger partial charge in [-0.2, -0.15) is 5.10 Å². The van der Waals surface area contributed by atoms with Crippen LogP contribution in [0.25, 0.3) is 0 Å². The molecule has 130 valence electrons. The lowest BCUT2D eigenvalue weighted by Gasteiger charge is -2.57. The van der Waals surface area contributed by atoms with Gasteiger partial charge < -0.3 is 5.11 Å². The Morgan fingerprint density at radius 3 is 2.75 bits per heavy atom. The van der Waals surface area contributed by atoms with Crippen LogP contribution in [0.5, 0.6) is 0 Å². The van der Waals surface area contributed by atoms with Crippen molar-refractivity contribution in [3.05, 3.63) is 28.6 Å². The van der Waals surface area contributed by atoms with Crippen LogP contribution < -0.4 is 0 Å². The minimum atomic E-state index is -0.103. The van der Waals surface area contributed by atoms with Gasteiger partial charge >= 0.3 is 0 Å². The molecule has 0 bridgehead atoms. The van der Waals surface area contributed by atoms with Crippen molar-refractivity contribution in [2.24, 2.45) is 23.2 Å². The standard InChI is InChI=1S/C21H30N2O/c1-12-19-18(23-22-12)11-17-15-5-4-13-10-14(24)6-8-20(13,2)16(15)7-9-21(17,19)3/h4,14-17,24H,5-11H2,1-3H3,(H,22,23)/t14-,15+,16-,17+,20+,21+/m1/s1. The van der Waals surface area contributed by atoms with Gasteiger partial charge in [-0.1, -0.05) is 25.5 Å². The lowest BCUT2D eigenvalue weighted by Crippen LogP contribution is -2.51. The number of aromatic amines is 1. The molecule has 4 aliphatic rings. The first-order valence-electron chi connectivity index (χ1n) is 9.85. The number of aromatic nitrogens is 2. The first-order valence-corrected chi connectivity index (χ1v) is 9.85. The minimum Gasteiger partial charge on any atom is -0.393 e. The van der Waals surface area contributed by atoms with E-state index in [9.17, 15) is 5.11 Å². The zero-order valence-electron chi connectivity index (χ0n) is 15.2. The van der Waals surface area contributed by atoms with Crippen LogP contribution in [0.3, 0.4) is 0 Å². The highest BCUT2D eigenvalue weighted by atomic mass is 16.3. The molecule has 1 aromatic rings. The molecule has 0 unspecified atom stereocenters. The highest BCUT2D eigenvalue weighted by Gasteiger charge is 2.58. The molecule has 0 aromatic carbocycles. The van der Waals surface area contributed by atoms with Crippen molar-refractivity contribution in [3.63, 3.8) is 0 Å². The quantitative estimate of drug-likeness (QED) is 0.707. The Kier molecular flexibility index (Phi) is 3.01. The highest BCUT2D eigenvalue weighted by molar-refractivity contribution is 5.41. The third-order valence-electron chi connectivity index (χ3n) is 8.47. The van der Waals surface area contributed by atoms with E-state index in [-0.39, 0.29) is 6.10 Å². The summed E-state index contributed by atoms with van der Waals surface area (Å²) in [5.74, 6) is 2.35. The van der Waals surface area contributed by atoms with Crippen molar-refractivity contribution in [2.45, 2.75) is 77.2 Å². The number of aliphatic hydroxyl groups is 1. The number of allylic oxidation sites excluding steroid dienone is 1. The van der Waals surface area contributed by atoms with Crippen LogP contribution in [0, 0.1) is 30.1 Å². The summed E-state index contributed by atoms with van der Waals surface area (Å²) in [5.41, 5.74) is 6.42. The number of nitrogens with zero attached hydrogens (tertiary/aromatic N) is 1. The molecule has 5 rings (SSSR count). The fourth-order valence-electron chi connectivity index (χ4n) is 7.24. The summed E-state index contributed by atoms with van der Waals surface area (Å²) in [6.45, 7) is 7.21. The predicted molar refractivity (Wildman–Crippen MR) is 94.7 cm³/mol. The second-order valence-corrected chi connectivity index (χ2v) is 9.49. The first-order chi connectivity index (χ1) is 11.4. The van der Waals surface area contributed by atoms with Gasteiger partial charge in [0.05, 0.1) is 11.8 Å². The number of hydrogen-bond acceptors (Lipinski definition) is 2. The lowest BCUT2D eigenvalue weighted by molar-refractivity contribution is -0.0166. The molecular formula is C21H30N2O. The third-order valence-corrected chi connectivity index (χ3v) is 8.47. The fraction of sp³-hybridized carbons (Fsp3) is 0.762. The van der Waals surface area contributed by atoms with E-state index < -0.39 is 0 Å². The van der Waals surface area contributed by atoms with E-state index >= 15 is 0 Å². The molecule has 0 saturated heterocycles. The first kappa shape index (κ1) is 15.2. The Bertz CT molecular complexity index is 719. The molecule has 2 N–H and O–H groups in total. The molecule has 3 nitrogen and oxygen atoms in total. The van der Waals surface area contributed by atoms with Gasteiger partial charge in [0.1, 0.15) is 0 Å². The third kappa shape index (κ3) is 1.75. The zero-order chi connectivity index (χ0) is 16.7. The van der Waals surface area contributed by atoms with Crippen molar-refractivity contribution in [2.75, 3.05) is 0 Å². The average molecular weight is 326 g/mol. The van der Waals surface area contributed by atoms with Crippen molar-refractivity contribution in [1.29, 1.82) is 0 Å². The maximum absolute atomic E-state index is 10.1. The van der Waals surface area contributed by atoms with Crippen LogP contribution in [0.2, 0.25) is 0 Å². The predicted octanol–water partition coefficient (Wildman–Crippen LogP) is 4.06. The molecule has 0 spiro atoms. The van der Waals surface area contributed by atoms with Crippen LogP contribution in [0.15, 0.2) is 11.6 Å². The normalized spacial score (nSPS) is 46.6. The van der Waals surface area contributed by atoms with E-state index in [0.717, 1.165) is 30.6 Å². The largest absolute Gasteiger partial charge is 0.393 e. The molecule has 3 heteroatoms. The van der Waals surface area contributed by atoms with Gasteiger partial charge in [0.2, 0.25) is 0 Å². The van der Waals surface area contributed by atoms with Crippen LogP contribution >= 0.6 is 0 Å². The summed E-state index contributed by atoms with van der Waals surface area (Å²) in [7, 11) is 0. The molecule has 6 atom stereocenters. The number of rotatable bonds is 0. The summed E-state index contributed by atoms with van der Waals surface area (Å²) in [5, 5.41) is 18.0. The number of hydrogen-bond donors (Lipinski definition) is 2. The monoisotopic (exact) mass is 326 g/mol. The van der Waals surface area contributed by atoms with Gasteiger partial charge in [-0.15, -0.1) is 0 Å². The Balaban J connectivity index is 1.54. The zero-order valence-corrected chi connectivity index (χ0v) is 15.2. The molecule has 1 aromatic heterocycles. The molecule has 2 fully saturated rings. The average Bonchev–Trinajstić information content (AvgIpc) is 3.06. The van der Waals surface area contributed by atoms with Gasteiger partial charge in [-0.05, 0) is 80.5 Å². The topological polar surface area (TPSA) is 48.9 Å². The van der Waals surface area contributed by atoms with Gasteiger partial charge in [0.25, 0.3) is 0 Å². The molecule has 1 heterocycles. The maximum Gasteiger partial charge on any atom is 0.0665 e. The molecule has 0 radical (unpaired) electrons. The van der Waals surface area contributed by atoms with Crippen LogP contribution in [-0.2, 0) is 11.8 Å². The van der Waals surface area contributed by atoms with Gasteiger partial charge in [0.15, 0.2) is 0 Å². The Hall–Kier alpha value is -1.09. The Morgan fingerprint density at radius 2 is 1.92 bits per heavy atom. The molecule has 2 saturated carbocycles. The number of aliphatic hydroxyl groups excluding tert-OH is 1. The smallest absolute Gasteiger partial charge is 0.0665 e. The summed E-state index contributed by atoms with van der Waals surface area (Å²) in [6, 6.07) is 0. The van der Waals surface area contributed by atoms with Crippen molar-refractivity contribution in [1.82, 2.24) is 10.2 Å². The van der Waals surface area contributed by atoms with Crippen molar-refractivity contribution >= 4 is 0 Å². The summed E-state index contributed by atoms with van der Waals surface area (Å²) in [6.07, 6.45) is 10.5. The van der Waals surface area contributed by atoms with Gasteiger partial charge in [-0.3, -0.25) is 5.10 Å². The van der Waals surface area contributed by atoms with E-state index in [2.05, 4.69) is 37.0 Å². The number of H-pyrrole nitrogens is 1. The van der Waals surface area contributed by atoms with E-state index in [0.29, 0.717) is 10.8 Å². The molecule has 24 heavy (non-hydrogen) atoms. The second kappa shape index (κ2) is 4.75. The van der Waals surface area contributed by atoms with Crippen molar-refractivity contribution < 1.29 is 5.11 Å². The lowest BCUT2D eigenvalue weighted by atomic mass is 9.47. The van der Waals surface area contributed by atoms with E-state index in [1.54, 1.807) is 11.1 Å². The molecule has 4 aliphatic carbocycles. The van der Waals surface area contributed by atoms with Gasteiger partial charge in [-0.25, -0.2) is 0 Å². The van der Waals surface area contributed by atoms with Crippen LogP contribution in [-0.4, -0.2) is 21.4 Å². The number of aryl methyl sites for hydroxylation is 1. The fourth-order valence-corrected chi connectivity index (χ4v) is 7.24. The highest BCUT2D eigenvalue weighted by Crippen LogP contribution is 2.64. The maximum atomic E-state index is 10.1. The molecular weight excluding hydrogens is 296 g/mol. The number of nitrogens with one attached hydrogen (secondary N) is 1. The Morgan fingerprint density at radius 1 is 1.12 bits per heavy atom. The SMILES string of the molecule is Cc1[nH]nc2c1[C@@]1(C)CC[C@@H]3[C@H](CC=C4C[C@H](O)CC[C@@]43C)[C@@H]1C2. The van der Waals surface area contributed by atoms with E-state index in [1.807, 2.05) is 0 Å². The minimum absolute atomic E-state index is 0.103. The van der Waals surface area contributed by atoms with Crippen molar-refractivity contribution in [3.8, 4) is 0 Å². The summed E-state index contributed by atoms with van der Waals surface area (Å²) >= 11 is 0. The summed E-state index contributed by atoms with van der Waals surface area (Å²) in [4.78, 5) is 0. The van der Waals surface area contributed by atoms with E-state index in [4.69, 9.17) is 0 Å². The van der Waals surface area contributed by atoms with E-state index in [1.165, 1.54) is 43.5 Å². The molecule has 0 amide bonds. The second-order valence-electron chi connectivity index (χ2n) is 9.49. The summed E-state index contributed by atoms with van der Waals surface area (Å²) < 4.78 is 0. The Labute approximate surface area is 144 Å². The number of fused-ring (bicyclic) bond motifs is 7. The molecule has 0 aliphatic heterocycles. The van der Waals surface area contributed by atoms with Crippen LogP contribution in [0.4, 0.5) is 0 Å². The van der Waals surface area contributed by atoms with Gasteiger partial charge in [0, 0.05) is 11.3 Å².